The van der Waals surface area contributed by atoms with Crippen LogP contribution in [0.25, 0.3) is 0 Å². The van der Waals surface area contributed by atoms with Crippen molar-refractivity contribution in [3.63, 3.8) is 0 Å². The molecule has 0 aromatic rings. The van der Waals surface area contributed by atoms with Gasteiger partial charge in [-0.3, -0.25) is 0 Å². The number of rotatable bonds is 6. The summed E-state index contributed by atoms with van der Waals surface area (Å²) in [5.74, 6) is 2.27. The van der Waals surface area contributed by atoms with Gasteiger partial charge in [-0.15, -0.1) is 0 Å². The lowest BCUT2D eigenvalue weighted by molar-refractivity contribution is 0.0257. The van der Waals surface area contributed by atoms with Gasteiger partial charge in [-0.1, -0.05) is 27.2 Å². The van der Waals surface area contributed by atoms with E-state index in [9.17, 15) is 4.79 Å². The lowest BCUT2D eigenvalue weighted by Gasteiger charge is -2.38. The van der Waals surface area contributed by atoms with Crippen molar-refractivity contribution in [3.05, 3.63) is 0 Å². The summed E-state index contributed by atoms with van der Waals surface area (Å²) < 4.78 is 5.47. The quantitative estimate of drug-likeness (QED) is 0.791. The number of nitrogens with one attached hydrogen (secondary N) is 1. The average molecular weight is 327 g/mol. The predicted molar refractivity (Wildman–Crippen MR) is 96.6 cm³/mol. The number of hydrogen-bond acceptors (Lipinski definition) is 3. The first-order chi connectivity index (χ1) is 10.6. The fraction of sp³-hybridized carbons (Fsp3) is 0.947. The topological polar surface area (TPSA) is 41.6 Å². The smallest absolute Gasteiger partial charge is 0.410 e. The molecule has 0 aliphatic heterocycles. The van der Waals surface area contributed by atoms with E-state index in [1.807, 2.05) is 27.7 Å². The van der Waals surface area contributed by atoms with Crippen molar-refractivity contribution in [2.24, 2.45) is 17.8 Å². The highest BCUT2D eigenvalue weighted by molar-refractivity contribution is 5.68. The first-order valence-corrected chi connectivity index (χ1v) is 9.35. The third-order valence-electron chi connectivity index (χ3n) is 4.84. The van der Waals surface area contributed by atoms with Crippen LogP contribution in [0.5, 0.6) is 0 Å². The molecule has 0 heterocycles. The summed E-state index contributed by atoms with van der Waals surface area (Å²) in [5, 5.41) is 3.72. The molecular weight excluding hydrogens is 288 g/mol. The first-order valence-electron chi connectivity index (χ1n) is 9.35. The summed E-state index contributed by atoms with van der Waals surface area (Å²) in [5.41, 5.74) is -0.431. The van der Waals surface area contributed by atoms with Crippen LogP contribution in [0.15, 0.2) is 0 Å². The molecule has 0 spiro atoms. The third kappa shape index (κ3) is 7.11. The summed E-state index contributed by atoms with van der Waals surface area (Å²) in [6.45, 7) is 17.0. The van der Waals surface area contributed by atoms with Crippen molar-refractivity contribution >= 4 is 6.09 Å². The van der Waals surface area contributed by atoms with Crippen molar-refractivity contribution in [1.29, 1.82) is 0 Å². The molecule has 0 aromatic carbocycles. The number of likely N-dealkylation sites (N-methyl/N-ethyl adjacent to an activating group) is 1. The molecule has 1 N–H and O–H groups in total. The number of amides is 1. The molecule has 1 saturated carbocycles. The lowest BCUT2D eigenvalue weighted by atomic mass is 9.74. The van der Waals surface area contributed by atoms with Crippen LogP contribution < -0.4 is 5.32 Å². The Balaban J connectivity index is 2.47. The van der Waals surface area contributed by atoms with Gasteiger partial charge in [-0.05, 0) is 58.3 Å². The maximum absolute atomic E-state index is 12.2. The number of carbonyl (C=O) groups is 1. The molecule has 0 radical (unpaired) electrons. The van der Waals surface area contributed by atoms with Crippen molar-refractivity contribution in [2.75, 3.05) is 19.6 Å². The summed E-state index contributed by atoms with van der Waals surface area (Å²) in [6.07, 6.45) is 3.71. The van der Waals surface area contributed by atoms with Crippen LogP contribution in [0, 0.1) is 17.8 Å². The Hall–Kier alpha value is -0.770. The zero-order valence-electron chi connectivity index (χ0n) is 16.3. The number of nitrogens with zero attached hydrogens (tertiary/aromatic N) is 1. The van der Waals surface area contributed by atoms with E-state index in [-0.39, 0.29) is 6.09 Å². The molecule has 1 aliphatic carbocycles. The summed E-state index contributed by atoms with van der Waals surface area (Å²) in [7, 11) is 0. The van der Waals surface area contributed by atoms with Gasteiger partial charge in [0.25, 0.3) is 0 Å². The van der Waals surface area contributed by atoms with Crippen molar-refractivity contribution < 1.29 is 9.53 Å². The van der Waals surface area contributed by atoms with Gasteiger partial charge in [0.15, 0.2) is 0 Å². The highest BCUT2D eigenvalue weighted by Gasteiger charge is 2.30. The van der Waals surface area contributed by atoms with Gasteiger partial charge in [0.2, 0.25) is 0 Å². The highest BCUT2D eigenvalue weighted by Crippen LogP contribution is 2.33. The van der Waals surface area contributed by atoms with Gasteiger partial charge in [0.1, 0.15) is 5.60 Å². The second kappa shape index (κ2) is 8.91. The monoisotopic (exact) mass is 326 g/mol. The number of ether oxygens (including phenoxy) is 1. The largest absolute Gasteiger partial charge is 0.444 e. The minimum Gasteiger partial charge on any atom is -0.444 e. The normalized spacial score (nSPS) is 25.5. The van der Waals surface area contributed by atoms with Crippen LogP contribution in [0.1, 0.15) is 67.7 Å². The molecule has 1 aliphatic rings. The number of carbonyl (C=O) groups excluding carboxylic acids is 1. The van der Waals surface area contributed by atoms with E-state index < -0.39 is 5.60 Å². The molecule has 4 nitrogen and oxygen atoms in total. The Kier molecular flexibility index (Phi) is 7.85. The summed E-state index contributed by atoms with van der Waals surface area (Å²) in [6, 6.07) is 0.580. The Morgan fingerprint density at radius 3 is 2.48 bits per heavy atom. The van der Waals surface area contributed by atoms with E-state index in [1.165, 1.54) is 19.3 Å². The fourth-order valence-corrected chi connectivity index (χ4v) is 3.53. The van der Waals surface area contributed by atoms with E-state index in [4.69, 9.17) is 4.74 Å². The molecule has 136 valence electrons. The van der Waals surface area contributed by atoms with Gasteiger partial charge in [-0.25, -0.2) is 4.79 Å². The maximum Gasteiger partial charge on any atom is 0.410 e. The highest BCUT2D eigenvalue weighted by atomic mass is 16.6. The Bertz CT molecular complexity index is 363. The predicted octanol–water partition coefficient (Wildman–Crippen LogP) is 4.29. The van der Waals surface area contributed by atoms with Crippen LogP contribution in [-0.4, -0.2) is 42.3 Å². The molecule has 1 amide bonds. The first kappa shape index (κ1) is 20.3. The molecule has 0 bridgehead atoms. The lowest BCUT2D eigenvalue weighted by Crippen LogP contribution is -2.47. The van der Waals surface area contributed by atoms with E-state index >= 15 is 0 Å². The minimum atomic E-state index is -0.431. The van der Waals surface area contributed by atoms with Crippen LogP contribution in [0.4, 0.5) is 4.79 Å². The average Bonchev–Trinajstić information content (AvgIpc) is 2.41. The third-order valence-corrected chi connectivity index (χ3v) is 4.84. The zero-order valence-corrected chi connectivity index (χ0v) is 16.3. The molecule has 4 heteroatoms. The molecule has 0 saturated heterocycles. The van der Waals surface area contributed by atoms with E-state index in [0.29, 0.717) is 25.0 Å². The van der Waals surface area contributed by atoms with Gasteiger partial charge in [-0.2, -0.15) is 0 Å². The second-order valence-electron chi connectivity index (χ2n) is 8.45. The van der Waals surface area contributed by atoms with Gasteiger partial charge in [0, 0.05) is 25.7 Å². The molecule has 23 heavy (non-hydrogen) atoms. The van der Waals surface area contributed by atoms with Crippen molar-refractivity contribution in [3.8, 4) is 0 Å². The fourth-order valence-electron chi connectivity index (χ4n) is 3.53. The molecule has 0 aromatic heterocycles. The van der Waals surface area contributed by atoms with Crippen LogP contribution in [-0.2, 0) is 4.74 Å². The Labute approximate surface area is 143 Å². The summed E-state index contributed by atoms with van der Waals surface area (Å²) >= 11 is 0. The van der Waals surface area contributed by atoms with Crippen LogP contribution >= 0.6 is 0 Å². The van der Waals surface area contributed by atoms with Gasteiger partial charge in [0.05, 0.1) is 0 Å². The maximum atomic E-state index is 12.2. The SMILES string of the molecule is CCN(CCNC1CC(C)CCC1C(C)C)C(=O)OC(C)(C)C. The van der Waals surface area contributed by atoms with Gasteiger partial charge < -0.3 is 15.0 Å². The molecule has 1 fully saturated rings. The molecule has 1 rings (SSSR count). The minimum absolute atomic E-state index is 0.209. The Morgan fingerprint density at radius 1 is 1.30 bits per heavy atom. The van der Waals surface area contributed by atoms with E-state index in [2.05, 4.69) is 26.1 Å². The number of hydrogen-bond donors (Lipinski definition) is 1. The molecular formula is C19H38N2O2. The zero-order chi connectivity index (χ0) is 17.6. The summed E-state index contributed by atoms with van der Waals surface area (Å²) in [4.78, 5) is 14.0. The van der Waals surface area contributed by atoms with Crippen molar-refractivity contribution in [2.45, 2.75) is 79.4 Å². The standard InChI is InChI=1S/C19H38N2O2/c1-8-21(18(22)23-19(5,6)7)12-11-20-17-13-15(4)9-10-16(17)14(2)3/h14-17,20H,8-13H2,1-7H3. The van der Waals surface area contributed by atoms with Gasteiger partial charge >= 0.3 is 6.09 Å². The molecule has 3 atom stereocenters. The van der Waals surface area contributed by atoms with E-state index in [0.717, 1.165) is 18.4 Å². The molecule has 3 unspecified atom stereocenters. The van der Waals surface area contributed by atoms with Crippen molar-refractivity contribution in [1.82, 2.24) is 10.2 Å². The second-order valence-corrected chi connectivity index (χ2v) is 8.45. The Morgan fingerprint density at radius 2 is 1.96 bits per heavy atom. The van der Waals surface area contributed by atoms with E-state index in [1.54, 1.807) is 4.90 Å². The van der Waals surface area contributed by atoms with Crippen LogP contribution in [0.2, 0.25) is 0 Å². The van der Waals surface area contributed by atoms with Crippen LogP contribution in [0.3, 0.4) is 0 Å².